The summed E-state index contributed by atoms with van der Waals surface area (Å²) in [5, 5.41) is 18.7. The van der Waals surface area contributed by atoms with Gasteiger partial charge >= 0.3 is 0 Å². The minimum absolute atomic E-state index is 0.137. The minimum atomic E-state index is -0.742. The van der Waals surface area contributed by atoms with Crippen LogP contribution < -0.4 is 5.32 Å². The van der Waals surface area contributed by atoms with Crippen molar-refractivity contribution < 1.29 is 14.6 Å². The van der Waals surface area contributed by atoms with Crippen LogP contribution in [0.5, 0.6) is 0 Å². The van der Waals surface area contributed by atoms with E-state index in [4.69, 9.17) is 4.74 Å². The van der Waals surface area contributed by atoms with Crippen LogP contribution in [0.4, 0.5) is 0 Å². The Morgan fingerprint density at radius 1 is 1.30 bits per heavy atom. The molecule has 30 heavy (non-hydrogen) atoms. The van der Waals surface area contributed by atoms with Crippen LogP contribution in [-0.4, -0.2) is 62.6 Å². The van der Waals surface area contributed by atoms with Gasteiger partial charge in [0.15, 0.2) is 0 Å². The highest BCUT2D eigenvalue weighted by Gasteiger charge is 2.53. The van der Waals surface area contributed by atoms with E-state index in [0.717, 1.165) is 38.2 Å². The molecule has 2 aliphatic heterocycles. The second-order valence-electron chi connectivity index (χ2n) is 8.97. The van der Waals surface area contributed by atoms with Crippen molar-refractivity contribution >= 4 is 17.2 Å². The van der Waals surface area contributed by atoms with E-state index in [2.05, 4.69) is 34.4 Å². The van der Waals surface area contributed by atoms with Crippen molar-refractivity contribution in [2.24, 2.45) is 0 Å². The van der Waals surface area contributed by atoms with E-state index >= 15 is 0 Å². The van der Waals surface area contributed by atoms with Gasteiger partial charge in [-0.2, -0.15) is 5.10 Å². The fourth-order valence-corrected chi connectivity index (χ4v) is 5.68. The molecule has 2 saturated heterocycles. The second-order valence-corrected chi connectivity index (χ2v) is 10.3. The summed E-state index contributed by atoms with van der Waals surface area (Å²) >= 11 is 1.84. The molecule has 2 atom stereocenters. The molecular weight excluding hydrogens is 400 g/mol. The number of likely N-dealkylation sites (tertiary alicyclic amines) is 1. The summed E-state index contributed by atoms with van der Waals surface area (Å²) in [7, 11) is 0. The van der Waals surface area contributed by atoms with Gasteiger partial charge in [-0.1, -0.05) is 0 Å². The number of aliphatic hydroxyl groups excluding tert-OH is 1. The number of carbonyl (C=O) groups excluding carboxylic acids is 1. The Bertz CT molecular complexity index is 887. The van der Waals surface area contributed by atoms with Crippen LogP contribution in [0.2, 0.25) is 0 Å². The predicted octanol–water partition coefficient (Wildman–Crippen LogP) is 2.25. The van der Waals surface area contributed by atoms with Crippen LogP contribution >= 0.6 is 11.3 Å². The number of hydrogen-bond donors (Lipinski definition) is 2. The quantitative estimate of drug-likeness (QED) is 0.758. The summed E-state index contributed by atoms with van der Waals surface area (Å²) in [4.78, 5) is 17.8. The number of aromatic nitrogens is 2. The molecule has 0 unspecified atom stereocenters. The van der Waals surface area contributed by atoms with E-state index in [0.29, 0.717) is 13.0 Å². The molecule has 0 aliphatic carbocycles. The first kappa shape index (κ1) is 21.5. The van der Waals surface area contributed by atoms with Crippen LogP contribution in [0.25, 0.3) is 0 Å². The fourth-order valence-electron chi connectivity index (χ4n) is 4.75. The average molecular weight is 433 g/mol. The molecule has 4 rings (SSSR count). The number of aliphatic hydroxyl groups is 1. The lowest BCUT2D eigenvalue weighted by molar-refractivity contribution is -0.208. The van der Waals surface area contributed by atoms with Crippen LogP contribution in [-0.2, 0) is 22.6 Å². The maximum atomic E-state index is 12.6. The van der Waals surface area contributed by atoms with E-state index in [1.807, 2.05) is 31.3 Å². The molecule has 2 N–H and O–H groups in total. The van der Waals surface area contributed by atoms with Crippen molar-refractivity contribution in [2.45, 2.75) is 70.4 Å². The molecule has 2 aliphatic rings. The van der Waals surface area contributed by atoms with Gasteiger partial charge in [-0.3, -0.25) is 14.4 Å². The molecule has 4 heterocycles. The zero-order chi connectivity index (χ0) is 21.4. The summed E-state index contributed by atoms with van der Waals surface area (Å²) in [6.07, 6.45) is 3.18. The molecule has 0 radical (unpaired) electrons. The zero-order valence-electron chi connectivity index (χ0n) is 18.1. The van der Waals surface area contributed by atoms with E-state index in [-0.39, 0.29) is 12.5 Å². The number of hydrogen-bond acceptors (Lipinski definition) is 6. The Morgan fingerprint density at radius 3 is 2.70 bits per heavy atom. The number of rotatable bonds is 5. The van der Waals surface area contributed by atoms with Crippen molar-refractivity contribution in [1.29, 1.82) is 0 Å². The predicted molar refractivity (Wildman–Crippen MR) is 116 cm³/mol. The molecular formula is C22H32N4O3S. The maximum Gasteiger partial charge on any atom is 0.242 e. The molecule has 164 valence electrons. The van der Waals surface area contributed by atoms with Gasteiger partial charge in [0, 0.05) is 42.2 Å². The third-order valence-electron chi connectivity index (χ3n) is 6.50. The van der Waals surface area contributed by atoms with Crippen molar-refractivity contribution in [3.05, 3.63) is 39.8 Å². The minimum Gasteiger partial charge on any atom is -0.388 e. The fraction of sp³-hybridized carbons (Fsp3) is 0.636. The lowest BCUT2D eigenvalue weighted by Crippen LogP contribution is -2.69. The monoisotopic (exact) mass is 432 g/mol. The number of thiophene rings is 1. The van der Waals surface area contributed by atoms with Crippen LogP contribution in [0, 0.1) is 13.8 Å². The number of ether oxygens (including phenoxy) is 1. The molecule has 2 aromatic heterocycles. The largest absolute Gasteiger partial charge is 0.388 e. The molecule has 8 heteroatoms. The average Bonchev–Trinajstić information content (AvgIpc) is 3.29. The second kappa shape index (κ2) is 8.42. The highest BCUT2D eigenvalue weighted by molar-refractivity contribution is 7.11. The number of amides is 1. The number of nitrogens with zero attached hydrogens (tertiary/aromatic N) is 3. The summed E-state index contributed by atoms with van der Waals surface area (Å²) < 4.78 is 7.80. The molecule has 0 bridgehead atoms. The topological polar surface area (TPSA) is 79.6 Å². The lowest BCUT2D eigenvalue weighted by atomic mass is 9.73. The van der Waals surface area contributed by atoms with Crippen LogP contribution in [0.15, 0.2) is 24.4 Å². The number of carbonyl (C=O) groups is 1. The van der Waals surface area contributed by atoms with Gasteiger partial charge in [0.25, 0.3) is 0 Å². The Morgan fingerprint density at radius 2 is 2.07 bits per heavy atom. The normalized spacial score (nSPS) is 26.7. The zero-order valence-corrected chi connectivity index (χ0v) is 18.9. The third-order valence-corrected chi connectivity index (χ3v) is 7.48. The Kier molecular flexibility index (Phi) is 6.03. The molecule has 0 saturated carbocycles. The van der Waals surface area contributed by atoms with Gasteiger partial charge in [0.2, 0.25) is 5.91 Å². The molecule has 1 amide bonds. The van der Waals surface area contributed by atoms with Gasteiger partial charge < -0.3 is 15.2 Å². The summed E-state index contributed by atoms with van der Waals surface area (Å²) in [5.41, 5.74) is -0.418. The van der Waals surface area contributed by atoms with Crippen molar-refractivity contribution in [1.82, 2.24) is 20.0 Å². The molecule has 7 nitrogen and oxygen atoms in total. The highest BCUT2D eigenvalue weighted by atomic mass is 32.1. The summed E-state index contributed by atoms with van der Waals surface area (Å²) in [6, 6.07) is 6.24. The molecule has 2 aromatic rings. The van der Waals surface area contributed by atoms with Crippen molar-refractivity contribution in [2.75, 3.05) is 19.7 Å². The van der Waals surface area contributed by atoms with Crippen LogP contribution in [0.3, 0.4) is 0 Å². The molecule has 2 fully saturated rings. The first-order chi connectivity index (χ1) is 14.3. The number of nitrogens with one attached hydrogen (secondary N) is 1. The summed E-state index contributed by atoms with van der Waals surface area (Å²) in [5.74, 6) is -0.137. The third kappa shape index (κ3) is 4.46. The van der Waals surface area contributed by atoms with Gasteiger partial charge in [-0.25, -0.2) is 0 Å². The smallest absolute Gasteiger partial charge is 0.242 e. The first-order valence-electron chi connectivity index (χ1n) is 10.7. The standard InChI is InChI=1S/C22H32N4O3S/c1-16-6-10-26(24-16)15-19(27)23-21(3)9-13-29-22(20(21)28)7-11-25(12-8-22)14-18-5-4-17(2)30-18/h4-6,10,20,28H,7-9,11-15H2,1-3H3,(H,23,27)/t20-,21+/m0/s1. The highest BCUT2D eigenvalue weighted by Crippen LogP contribution is 2.40. The summed E-state index contributed by atoms with van der Waals surface area (Å²) in [6.45, 7) is 9.37. The number of aryl methyl sites for hydroxylation is 2. The van der Waals surface area contributed by atoms with E-state index in [1.54, 1.807) is 10.9 Å². The number of piperidine rings is 1. The van der Waals surface area contributed by atoms with Gasteiger partial charge in [-0.05, 0) is 58.2 Å². The van der Waals surface area contributed by atoms with E-state index in [1.165, 1.54) is 9.75 Å². The van der Waals surface area contributed by atoms with Crippen molar-refractivity contribution in [3.8, 4) is 0 Å². The van der Waals surface area contributed by atoms with E-state index in [9.17, 15) is 9.90 Å². The SMILES string of the molecule is Cc1ccn(CC(=O)N[C@]2(C)CCOC3(CCN(Cc4ccc(C)s4)CC3)[C@H]2O)n1. The van der Waals surface area contributed by atoms with Gasteiger partial charge in [0.05, 0.1) is 16.8 Å². The Hall–Kier alpha value is -1.74. The van der Waals surface area contributed by atoms with E-state index < -0.39 is 17.2 Å². The lowest BCUT2D eigenvalue weighted by Gasteiger charge is -2.53. The Balaban J connectivity index is 1.37. The molecule has 0 aromatic carbocycles. The van der Waals surface area contributed by atoms with Crippen molar-refractivity contribution in [3.63, 3.8) is 0 Å². The first-order valence-corrected chi connectivity index (χ1v) is 11.5. The maximum absolute atomic E-state index is 12.6. The van der Waals surface area contributed by atoms with Crippen LogP contribution in [0.1, 0.15) is 41.6 Å². The Labute approximate surface area is 182 Å². The van der Waals surface area contributed by atoms with Gasteiger partial charge in [-0.15, -0.1) is 11.3 Å². The molecule has 1 spiro atoms. The van der Waals surface area contributed by atoms with Gasteiger partial charge in [0.1, 0.15) is 12.6 Å².